The molecule has 0 spiro atoms. The minimum absolute atomic E-state index is 0.0484. The average molecular weight is 353 g/mol. The Morgan fingerprint density at radius 2 is 1.96 bits per heavy atom. The van der Waals surface area contributed by atoms with Crippen LogP contribution in [0.5, 0.6) is 0 Å². The van der Waals surface area contributed by atoms with E-state index in [0.717, 1.165) is 5.56 Å². The first-order valence-electron chi connectivity index (χ1n) is 8.34. The number of alkyl halides is 2. The van der Waals surface area contributed by atoms with Gasteiger partial charge in [-0.25, -0.2) is 13.6 Å². The number of fused-ring (bicyclic) bond motifs is 2. The van der Waals surface area contributed by atoms with Crippen LogP contribution in [0.4, 0.5) is 13.6 Å². The van der Waals surface area contributed by atoms with Gasteiger partial charge in [-0.15, -0.1) is 0 Å². The highest BCUT2D eigenvalue weighted by Gasteiger charge is 2.59. The van der Waals surface area contributed by atoms with Crippen LogP contribution in [0.25, 0.3) is 0 Å². The van der Waals surface area contributed by atoms with Gasteiger partial charge < -0.3 is 9.47 Å². The maximum absolute atomic E-state index is 14.3. The number of methoxy groups -OCH3 is 1. The molecule has 3 rings (SSSR count). The largest absolute Gasteiger partial charge is 0.469 e. The number of esters is 1. The highest BCUT2D eigenvalue weighted by atomic mass is 19.3. The normalized spacial score (nSPS) is 27.0. The van der Waals surface area contributed by atoms with E-state index in [0.29, 0.717) is 6.42 Å². The van der Waals surface area contributed by atoms with E-state index in [1.54, 1.807) is 12.1 Å². The number of rotatable bonds is 4. The molecule has 2 aliphatic rings. The maximum atomic E-state index is 14.3. The third-order valence-electron chi connectivity index (χ3n) is 4.99. The number of hydrogen-bond donors (Lipinski definition) is 0. The second-order valence-electron chi connectivity index (χ2n) is 6.70. The number of ether oxygens (including phenoxy) is 2. The van der Waals surface area contributed by atoms with E-state index < -0.39 is 30.1 Å². The molecule has 0 radical (unpaired) electrons. The molecular weight excluding hydrogens is 332 g/mol. The lowest BCUT2D eigenvalue weighted by molar-refractivity contribution is -0.142. The van der Waals surface area contributed by atoms with Crippen molar-refractivity contribution in [2.45, 2.75) is 50.3 Å². The summed E-state index contributed by atoms with van der Waals surface area (Å²) < 4.78 is 38.5. The second kappa shape index (κ2) is 6.98. The summed E-state index contributed by atoms with van der Waals surface area (Å²) >= 11 is 0. The van der Waals surface area contributed by atoms with Gasteiger partial charge in [0.2, 0.25) is 0 Å². The molecule has 3 unspecified atom stereocenters. The summed E-state index contributed by atoms with van der Waals surface area (Å²) in [6.07, 6.45) is -0.546. The fraction of sp³-hybridized carbons (Fsp3) is 0.556. The van der Waals surface area contributed by atoms with Crippen molar-refractivity contribution in [1.82, 2.24) is 4.90 Å². The highest BCUT2D eigenvalue weighted by molar-refractivity contribution is 5.71. The highest BCUT2D eigenvalue weighted by Crippen LogP contribution is 2.48. The number of amides is 1. The lowest BCUT2D eigenvalue weighted by Gasteiger charge is -2.37. The molecule has 0 aliphatic carbocycles. The van der Waals surface area contributed by atoms with Gasteiger partial charge in [0.25, 0.3) is 5.92 Å². The number of hydrogen-bond acceptors (Lipinski definition) is 4. The van der Waals surface area contributed by atoms with Crippen molar-refractivity contribution in [2.75, 3.05) is 7.11 Å². The molecule has 2 saturated heterocycles. The Bertz CT molecular complexity index is 637. The molecule has 0 saturated carbocycles. The minimum Gasteiger partial charge on any atom is -0.469 e. The molecule has 7 heteroatoms. The Hall–Kier alpha value is -2.18. The zero-order chi connectivity index (χ0) is 18.0. The van der Waals surface area contributed by atoms with E-state index in [4.69, 9.17) is 4.74 Å². The Labute approximate surface area is 144 Å². The van der Waals surface area contributed by atoms with Crippen LogP contribution in [-0.4, -0.2) is 42.1 Å². The van der Waals surface area contributed by atoms with E-state index in [1.165, 1.54) is 12.0 Å². The summed E-state index contributed by atoms with van der Waals surface area (Å²) in [6, 6.07) is 7.27. The van der Waals surface area contributed by atoms with Crippen LogP contribution in [0.3, 0.4) is 0 Å². The van der Waals surface area contributed by atoms with Crippen LogP contribution in [0.15, 0.2) is 30.3 Å². The summed E-state index contributed by atoms with van der Waals surface area (Å²) in [5, 5.41) is 0. The summed E-state index contributed by atoms with van der Waals surface area (Å²) in [6.45, 7) is 0.0484. The Kier molecular flexibility index (Phi) is 4.92. The number of nitrogens with zero attached hydrogens (tertiary/aromatic N) is 1. The van der Waals surface area contributed by atoms with Gasteiger partial charge in [-0.05, 0) is 24.3 Å². The lowest BCUT2D eigenvalue weighted by atomic mass is 9.88. The number of carbonyl (C=O) groups is 2. The first kappa shape index (κ1) is 17.6. The molecule has 1 aromatic carbocycles. The summed E-state index contributed by atoms with van der Waals surface area (Å²) in [4.78, 5) is 25.0. The van der Waals surface area contributed by atoms with Gasteiger partial charge >= 0.3 is 12.1 Å². The molecule has 2 fully saturated rings. The average Bonchev–Trinajstić information content (AvgIpc) is 2.75. The fourth-order valence-electron chi connectivity index (χ4n) is 3.84. The van der Waals surface area contributed by atoms with Gasteiger partial charge in [-0.1, -0.05) is 30.3 Å². The molecular formula is C18H21F2NO4. The van der Waals surface area contributed by atoms with Gasteiger partial charge in [0.1, 0.15) is 6.61 Å². The molecule has 0 aromatic heterocycles. The van der Waals surface area contributed by atoms with Crippen LogP contribution in [0.1, 0.15) is 31.2 Å². The lowest BCUT2D eigenvalue weighted by Crippen LogP contribution is -2.50. The Morgan fingerprint density at radius 3 is 2.60 bits per heavy atom. The van der Waals surface area contributed by atoms with Crippen molar-refractivity contribution in [3.63, 3.8) is 0 Å². The number of halogens is 2. The standard InChI is InChI=1S/C18H21F2NO4/c1-24-16(22)9-13-7-14-10-18(19,20)15(8-13)21(14)17(23)25-11-12-5-3-2-4-6-12/h2-6,13-15H,7-11H2,1H3. The predicted molar refractivity (Wildman–Crippen MR) is 85.0 cm³/mol. The number of benzene rings is 1. The van der Waals surface area contributed by atoms with Gasteiger partial charge in [0.05, 0.1) is 13.2 Å². The van der Waals surface area contributed by atoms with Gasteiger partial charge in [-0.2, -0.15) is 0 Å². The zero-order valence-corrected chi connectivity index (χ0v) is 14.0. The zero-order valence-electron chi connectivity index (χ0n) is 14.0. The SMILES string of the molecule is COC(=O)CC1CC2CC(F)(F)C(C1)N2C(=O)OCc1ccccc1. The third-order valence-corrected chi connectivity index (χ3v) is 4.99. The first-order valence-corrected chi connectivity index (χ1v) is 8.34. The van der Waals surface area contributed by atoms with E-state index in [-0.39, 0.29) is 31.8 Å². The third kappa shape index (κ3) is 3.75. The summed E-state index contributed by atoms with van der Waals surface area (Å²) in [5.41, 5.74) is 0.801. The van der Waals surface area contributed by atoms with Crippen LogP contribution >= 0.6 is 0 Å². The molecule has 136 valence electrons. The quantitative estimate of drug-likeness (QED) is 0.779. The van der Waals surface area contributed by atoms with Gasteiger partial charge in [0, 0.05) is 18.9 Å². The molecule has 1 aromatic rings. The van der Waals surface area contributed by atoms with Crippen LogP contribution in [0.2, 0.25) is 0 Å². The van der Waals surface area contributed by atoms with Crippen molar-refractivity contribution in [1.29, 1.82) is 0 Å². The van der Waals surface area contributed by atoms with Gasteiger partial charge in [0.15, 0.2) is 0 Å². The topological polar surface area (TPSA) is 55.8 Å². The smallest absolute Gasteiger partial charge is 0.410 e. The molecule has 3 atom stereocenters. The monoisotopic (exact) mass is 353 g/mol. The molecule has 2 heterocycles. The van der Waals surface area contributed by atoms with Crippen molar-refractivity contribution in [3.05, 3.63) is 35.9 Å². The number of piperidine rings is 1. The van der Waals surface area contributed by atoms with Crippen LogP contribution in [0, 0.1) is 5.92 Å². The van der Waals surface area contributed by atoms with Crippen molar-refractivity contribution in [3.8, 4) is 0 Å². The molecule has 5 nitrogen and oxygen atoms in total. The molecule has 1 amide bonds. The Balaban J connectivity index is 1.66. The van der Waals surface area contributed by atoms with E-state index >= 15 is 0 Å². The summed E-state index contributed by atoms with van der Waals surface area (Å²) in [5.74, 6) is -3.57. The number of carbonyl (C=O) groups excluding carboxylic acids is 2. The predicted octanol–water partition coefficient (Wildman–Crippen LogP) is 3.37. The van der Waals surface area contributed by atoms with Crippen molar-refractivity contribution < 1.29 is 27.8 Å². The van der Waals surface area contributed by atoms with E-state index in [2.05, 4.69) is 4.74 Å². The minimum atomic E-state index is -2.96. The maximum Gasteiger partial charge on any atom is 0.410 e. The fourth-order valence-corrected chi connectivity index (χ4v) is 3.84. The molecule has 25 heavy (non-hydrogen) atoms. The van der Waals surface area contributed by atoms with Crippen LogP contribution < -0.4 is 0 Å². The second-order valence-corrected chi connectivity index (χ2v) is 6.70. The molecule has 0 N–H and O–H groups in total. The molecule has 2 bridgehead atoms. The Morgan fingerprint density at radius 1 is 1.24 bits per heavy atom. The van der Waals surface area contributed by atoms with Crippen molar-refractivity contribution >= 4 is 12.1 Å². The first-order chi connectivity index (χ1) is 11.9. The van der Waals surface area contributed by atoms with Crippen molar-refractivity contribution in [2.24, 2.45) is 5.92 Å². The molecule has 2 aliphatic heterocycles. The van der Waals surface area contributed by atoms with Crippen LogP contribution in [-0.2, 0) is 20.9 Å². The van der Waals surface area contributed by atoms with E-state index in [1.807, 2.05) is 18.2 Å². The van der Waals surface area contributed by atoms with Gasteiger partial charge in [-0.3, -0.25) is 9.69 Å². The van der Waals surface area contributed by atoms with E-state index in [9.17, 15) is 18.4 Å². The summed E-state index contributed by atoms with van der Waals surface area (Å²) in [7, 11) is 1.28.